The Morgan fingerprint density at radius 1 is 0.963 bits per heavy atom. The molecule has 27 heavy (non-hydrogen) atoms. The summed E-state index contributed by atoms with van der Waals surface area (Å²) in [6.45, 7) is 10.1. The Bertz CT molecular complexity index is 458. The van der Waals surface area contributed by atoms with E-state index in [2.05, 4.69) is 10.6 Å². The third-order valence-corrected chi connectivity index (χ3v) is 3.78. The van der Waals surface area contributed by atoms with Gasteiger partial charge in [-0.2, -0.15) is 0 Å². The number of carbonyl (C=O) groups excluding carboxylic acids is 3. The van der Waals surface area contributed by atoms with Gasteiger partial charge in [0.2, 0.25) is 5.91 Å². The van der Waals surface area contributed by atoms with Crippen molar-refractivity contribution in [1.82, 2.24) is 10.6 Å². The highest BCUT2D eigenvalue weighted by Gasteiger charge is 2.22. The Morgan fingerprint density at radius 3 is 2.11 bits per heavy atom. The number of amides is 2. The quantitative estimate of drug-likeness (QED) is 0.395. The summed E-state index contributed by atoms with van der Waals surface area (Å²) in [4.78, 5) is 35.2. The van der Waals surface area contributed by atoms with Crippen LogP contribution in [0, 0.1) is 5.92 Å². The number of hydrogen-bond donors (Lipinski definition) is 2. The van der Waals surface area contributed by atoms with E-state index in [4.69, 9.17) is 9.47 Å². The lowest BCUT2D eigenvalue weighted by molar-refractivity contribution is -0.145. The van der Waals surface area contributed by atoms with Crippen LogP contribution in [-0.2, 0) is 19.1 Å². The average Bonchev–Trinajstić information content (AvgIpc) is 2.53. The summed E-state index contributed by atoms with van der Waals surface area (Å²) < 4.78 is 9.91. The number of esters is 1. The Hall–Kier alpha value is -1.79. The first-order valence-electron chi connectivity index (χ1n) is 9.89. The fourth-order valence-corrected chi connectivity index (χ4v) is 2.54. The molecule has 0 rings (SSSR count). The molecule has 0 saturated heterocycles. The standard InChI is InChI=1S/C20H38N2O5/c1-15(2)14-16(18(24)26-6)22-17(23)12-10-8-7-9-11-13-21-19(25)27-20(3,4)5/h15-16H,7-14H2,1-6H3,(H,21,25)(H,22,23). The number of rotatable bonds is 12. The summed E-state index contributed by atoms with van der Waals surface area (Å²) in [6.07, 6.45) is 5.16. The zero-order valence-electron chi connectivity index (χ0n) is 17.9. The first-order chi connectivity index (χ1) is 12.5. The van der Waals surface area contributed by atoms with Crippen LogP contribution in [0.5, 0.6) is 0 Å². The molecule has 0 heterocycles. The molecule has 0 aliphatic heterocycles. The number of nitrogens with one attached hydrogen (secondary N) is 2. The maximum absolute atomic E-state index is 12.0. The van der Waals surface area contributed by atoms with Crippen LogP contribution in [0.4, 0.5) is 4.79 Å². The second-order valence-corrected chi connectivity index (χ2v) is 8.22. The van der Waals surface area contributed by atoms with Crippen molar-refractivity contribution < 1.29 is 23.9 Å². The van der Waals surface area contributed by atoms with Gasteiger partial charge in [-0.15, -0.1) is 0 Å². The van der Waals surface area contributed by atoms with Gasteiger partial charge in [0, 0.05) is 13.0 Å². The molecule has 1 unspecified atom stereocenters. The van der Waals surface area contributed by atoms with E-state index < -0.39 is 17.6 Å². The Balaban J connectivity index is 3.78. The lowest BCUT2D eigenvalue weighted by atomic mass is 10.0. The lowest BCUT2D eigenvalue weighted by Gasteiger charge is -2.19. The fraction of sp³-hybridized carbons (Fsp3) is 0.850. The van der Waals surface area contributed by atoms with Crippen molar-refractivity contribution in [3.05, 3.63) is 0 Å². The average molecular weight is 387 g/mol. The van der Waals surface area contributed by atoms with Crippen molar-refractivity contribution in [3.63, 3.8) is 0 Å². The molecule has 0 fully saturated rings. The molecule has 0 radical (unpaired) electrons. The minimum absolute atomic E-state index is 0.113. The van der Waals surface area contributed by atoms with E-state index in [0.717, 1.165) is 32.1 Å². The number of methoxy groups -OCH3 is 1. The maximum Gasteiger partial charge on any atom is 0.407 e. The van der Waals surface area contributed by atoms with Gasteiger partial charge in [-0.05, 0) is 46.0 Å². The predicted molar refractivity (Wildman–Crippen MR) is 105 cm³/mol. The Kier molecular flexibility index (Phi) is 12.5. The summed E-state index contributed by atoms with van der Waals surface area (Å²) in [6, 6.07) is -0.568. The van der Waals surface area contributed by atoms with E-state index in [1.165, 1.54) is 7.11 Å². The first kappa shape index (κ1) is 25.2. The SMILES string of the molecule is COC(=O)C(CC(C)C)NC(=O)CCCCCCCNC(=O)OC(C)(C)C. The largest absolute Gasteiger partial charge is 0.467 e. The number of carbonyl (C=O) groups is 3. The topological polar surface area (TPSA) is 93.7 Å². The lowest BCUT2D eigenvalue weighted by Crippen LogP contribution is -2.42. The van der Waals surface area contributed by atoms with Gasteiger partial charge >= 0.3 is 12.1 Å². The van der Waals surface area contributed by atoms with Gasteiger partial charge in [-0.25, -0.2) is 9.59 Å². The second kappa shape index (κ2) is 13.4. The Morgan fingerprint density at radius 2 is 1.56 bits per heavy atom. The monoisotopic (exact) mass is 386 g/mol. The third kappa shape index (κ3) is 15.0. The van der Waals surface area contributed by atoms with Gasteiger partial charge in [-0.3, -0.25) is 4.79 Å². The van der Waals surface area contributed by atoms with E-state index in [1.54, 1.807) is 0 Å². The Labute approximate surface area is 163 Å². The van der Waals surface area contributed by atoms with Crippen LogP contribution in [0.2, 0.25) is 0 Å². The molecule has 158 valence electrons. The number of unbranched alkanes of at least 4 members (excludes halogenated alkanes) is 4. The molecule has 0 aromatic carbocycles. The molecule has 0 aliphatic carbocycles. The highest BCUT2D eigenvalue weighted by Crippen LogP contribution is 2.09. The molecular formula is C20H38N2O5. The van der Waals surface area contributed by atoms with Gasteiger partial charge in [-0.1, -0.05) is 33.1 Å². The molecule has 0 aliphatic rings. The molecule has 0 bridgehead atoms. The van der Waals surface area contributed by atoms with Crippen molar-refractivity contribution in [2.45, 2.75) is 91.2 Å². The van der Waals surface area contributed by atoms with Crippen LogP contribution < -0.4 is 10.6 Å². The van der Waals surface area contributed by atoms with Crippen LogP contribution in [-0.4, -0.2) is 43.3 Å². The van der Waals surface area contributed by atoms with Gasteiger partial charge in [0.05, 0.1) is 7.11 Å². The third-order valence-electron chi connectivity index (χ3n) is 3.78. The minimum Gasteiger partial charge on any atom is -0.467 e. The van der Waals surface area contributed by atoms with Crippen LogP contribution in [0.15, 0.2) is 0 Å². The molecule has 7 nitrogen and oxygen atoms in total. The molecule has 7 heteroatoms. The number of ether oxygens (including phenoxy) is 2. The highest BCUT2D eigenvalue weighted by molar-refractivity contribution is 5.84. The van der Waals surface area contributed by atoms with Crippen molar-refractivity contribution in [2.24, 2.45) is 5.92 Å². The van der Waals surface area contributed by atoms with E-state index in [-0.39, 0.29) is 12.0 Å². The van der Waals surface area contributed by atoms with Gasteiger partial charge in [0.1, 0.15) is 11.6 Å². The first-order valence-corrected chi connectivity index (χ1v) is 9.89. The molecule has 0 aromatic heterocycles. The van der Waals surface area contributed by atoms with Crippen molar-refractivity contribution in [3.8, 4) is 0 Å². The van der Waals surface area contributed by atoms with Gasteiger partial charge < -0.3 is 20.1 Å². The molecule has 2 amide bonds. The smallest absolute Gasteiger partial charge is 0.407 e. The summed E-state index contributed by atoms with van der Waals surface area (Å²) in [5.41, 5.74) is -0.479. The maximum atomic E-state index is 12.0. The van der Waals surface area contributed by atoms with Crippen LogP contribution >= 0.6 is 0 Å². The normalized spacial score (nSPS) is 12.4. The molecular weight excluding hydrogens is 348 g/mol. The zero-order valence-corrected chi connectivity index (χ0v) is 17.9. The number of alkyl carbamates (subject to hydrolysis) is 1. The van der Waals surface area contributed by atoms with Crippen molar-refractivity contribution in [1.29, 1.82) is 0 Å². The summed E-state index contributed by atoms with van der Waals surface area (Å²) in [7, 11) is 1.33. The second-order valence-electron chi connectivity index (χ2n) is 8.22. The zero-order chi connectivity index (χ0) is 20.9. The minimum atomic E-state index is -0.568. The predicted octanol–water partition coefficient (Wildman–Crippen LogP) is 3.56. The van der Waals surface area contributed by atoms with Gasteiger partial charge in [0.15, 0.2) is 0 Å². The molecule has 0 aromatic rings. The van der Waals surface area contributed by atoms with Crippen LogP contribution in [0.25, 0.3) is 0 Å². The van der Waals surface area contributed by atoms with Crippen LogP contribution in [0.1, 0.15) is 79.6 Å². The highest BCUT2D eigenvalue weighted by atomic mass is 16.6. The molecule has 0 saturated carbocycles. The summed E-state index contributed by atoms with van der Waals surface area (Å²) in [5.74, 6) is -0.212. The summed E-state index contributed by atoms with van der Waals surface area (Å²) >= 11 is 0. The molecule has 0 spiro atoms. The van der Waals surface area contributed by atoms with E-state index in [0.29, 0.717) is 25.3 Å². The molecule has 2 N–H and O–H groups in total. The summed E-state index contributed by atoms with van der Waals surface area (Å²) in [5, 5.41) is 5.50. The molecule has 1 atom stereocenters. The van der Waals surface area contributed by atoms with Crippen molar-refractivity contribution >= 4 is 18.0 Å². The fourth-order valence-electron chi connectivity index (χ4n) is 2.54. The van der Waals surface area contributed by atoms with E-state index in [9.17, 15) is 14.4 Å². The van der Waals surface area contributed by atoms with Gasteiger partial charge in [0.25, 0.3) is 0 Å². The van der Waals surface area contributed by atoms with E-state index in [1.807, 2.05) is 34.6 Å². The van der Waals surface area contributed by atoms with Crippen LogP contribution in [0.3, 0.4) is 0 Å². The van der Waals surface area contributed by atoms with E-state index >= 15 is 0 Å². The van der Waals surface area contributed by atoms with Crippen molar-refractivity contribution in [2.75, 3.05) is 13.7 Å². The number of hydrogen-bond acceptors (Lipinski definition) is 5.